The lowest BCUT2D eigenvalue weighted by molar-refractivity contribution is -0.131. The summed E-state index contributed by atoms with van der Waals surface area (Å²) in [7, 11) is -3.22. The van der Waals surface area contributed by atoms with Crippen LogP contribution in [0.3, 0.4) is 0 Å². The molecular weight excluding hydrogens is 462 g/mol. The predicted octanol–water partition coefficient (Wildman–Crippen LogP) is 5.78. The van der Waals surface area contributed by atoms with E-state index >= 15 is 0 Å². The van der Waals surface area contributed by atoms with Crippen LogP contribution in [-0.4, -0.2) is 51.0 Å². The monoisotopic (exact) mass is 503 g/mol. The average molecular weight is 504 g/mol. The van der Waals surface area contributed by atoms with Gasteiger partial charge in [-0.05, 0) is 64.7 Å². The number of anilines is 1. The Kier molecular flexibility index (Phi) is 9.62. The first-order chi connectivity index (χ1) is 16.7. The van der Waals surface area contributed by atoms with Crippen molar-refractivity contribution in [1.82, 2.24) is 0 Å². The van der Waals surface area contributed by atoms with Gasteiger partial charge in [0.05, 0.1) is 28.8 Å². The van der Waals surface area contributed by atoms with Crippen molar-refractivity contribution in [3.05, 3.63) is 60.2 Å². The fourth-order valence-corrected chi connectivity index (χ4v) is 6.03. The van der Waals surface area contributed by atoms with Gasteiger partial charge >= 0.3 is 0 Å². The Morgan fingerprint density at radius 3 is 2.23 bits per heavy atom. The molecule has 1 heterocycles. The van der Waals surface area contributed by atoms with Gasteiger partial charge in [-0.2, -0.15) is 0 Å². The molecule has 2 aromatic rings. The average Bonchev–Trinajstić information content (AvgIpc) is 2.85. The zero-order valence-corrected chi connectivity index (χ0v) is 22.6. The van der Waals surface area contributed by atoms with Crippen molar-refractivity contribution >= 4 is 15.5 Å². The number of para-hydroxylation sites is 2. The molecule has 2 atom stereocenters. The van der Waals surface area contributed by atoms with Crippen molar-refractivity contribution in [2.45, 2.75) is 77.1 Å². The van der Waals surface area contributed by atoms with Crippen molar-refractivity contribution in [3.63, 3.8) is 0 Å². The van der Waals surface area contributed by atoms with Crippen molar-refractivity contribution in [3.8, 4) is 5.75 Å². The molecule has 1 aliphatic heterocycles. The number of ether oxygens (including phenoxy) is 3. The zero-order chi connectivity index (χ0) is 25.5. The molecule has 0 saturated carbocycles. The van der Waals surface area contributed by atoms with Crippen LogP contribution >= 0.6 is 0 Å². The molecule has 2 unspecified atom stereocenters. The SMILES string of the molecule is CCOC(CN1c2ccccc2OC(c2ccccc2)C1CCCS(=O)(=O)C(C)(C)CC)OCC. The van der Waals surface area contributed by atoms with E-state index in [1.165, 1.54) is 0 Å². The maximum atomic E-state index is 13.0. The summed E-state index contributed by atoms with van der Waals surface area (Å²) in [4.78, 5) is 2.30. The van der Waals surface area contributed by atoms with Crippen LogP contribution in [0.5, 0.6) is 5.75 Å². The van der Waals surface area contributed by atoms with Crippen LogP contribution in [-0.2, 0) is 19.3 Å². The van der Waals surface area contributed by atoms with E-state index in [0.29, 0.717) is 39.0 Å². The van der Waals surface area contributed by atoms with Gasteiger partial charge in [-0.15, -0.1) is 0 Å². The highest BCUT2D eigenvalue weighted by Gasteiger charge is 2.39. The van der Waals surface area contributed by atoms with Gasteiger partial charge in [-0.25, -0.2) is 8.42 Å². The molecule has 0 radical (unpaired) electrons. The van der Waals surface area contributed by atoms with E-state index < -0.39 is 20.9 Å². The Hall–Kier alpha value is -2.09. The van der Waals surface area contributed by atoms with E-state index in [0.717, 1.165) is 17.0 Å². The van der Waals surface area contributed by atoms with Crippen molar-refractivity contribution in [2.24, 2.45) is 0 Å². The topological polar surface area (TPSA) is 65.1 Å². The van der Waals surface area contributed by atoms with Gasteiger partial charge in [0.1, 0.15) is 11.9 Å². The number of sulfone groups is 1. The first-order valence-electron chi connectivity index (χ1n) is 12.8. The third-order valence-electron chi connectivity index (χ3n) is 6.96. The lowest BCUT2D eigenvalue weighted by atomic mass is 9.94. The van der Waals surface area contributed by atoms with Gasteiger partial charge < -0.3 is 19.1 Å². The predicted molar refractivity (Wildman–Crippen MR) is 142 cm³/mol. The van der Waals surface area contributed by atoms with Gasteiger partial charge in [0.2, 0.25) is 0 Å². The Labute approximate surface area is 211 Å². The van der Waals surface area contributed by atoms with E-state index in [-0.39, 0.29) is 17.9 Å². The van der Waals surface area contributed by atoms with Crippen molar-refractivity contribution < 1.29 is 22.6 Å². The van der Waals surface area contributed by atoms with Crippen LogP contribution in [0.1, 0.15) is 65.5 Å². The van der Waals surface area contributed by atoms with E-state index in [1.54, 1.807) is 0 Å². The Morgan fingerprint density at radius 1 is 0.971 bits per heavy atom. The smallest absolute Gasteiger partial charge is 0.174 e. The van der Waals surface area contributed by atoms with Gasteiger partial charge in [0, 0.05) is 13.2 Å². The van der Waals surface area contributed by atoms with Crippen LogP contribution in [0.15, 0.2) is 54.6 Å². The third-order valence-corrected chi connectivity index (χ3v) is 9.76. The van der Waals surface area contributed by atoms with Crippen molar-refractivity contribution in [1.29, 1.82) is 0 Å². The molecule has 0 saturated heterocycles. The maximum absolute atomic E-state index is 13.0. The van der Waals surface area contributed by atoms with Crippen LogP contribution < -0.4 is 9.64 Å². The van der Waals surface area contributed by atoms with E-state index in [1.807, 2.05) is 71.0 Å². The van der Waals surface area contributed by atoms with Crippen LogP contribution in [0.2, 0.25) is 0 Å². The number of nitrogens with zero attached hydrogens (tertiary/aromatic N) is 1. The van der Waals surface area contributed by atoms with Gasteiger partial charge in [0.15, 0.2) is 16.1 Å². The van der Waals surface area contributed by atoms with Crippen molar-refractivity contribution in [2.75, 3.05) is 30.4 Å². The van der Waals surface area contributed by atoms with E-state index in [4.69, 9.17) is 14.2 Å². The second kappa shape index (κ2) is 12.2. The molecule has 0 bridgehead atoms. The molecule has 0 aliphatic carbocycles. The quantitative estimate of drug-likeness (QED) is 0.323. The molecule has 1 aliphatic rings. The van der Waals surface area contributed by atoms with Crippen LogP contribution in [0.4, 0.5) is 5.69 Å². The number of hydrogen-bond acceptors (Lipinski definition) is 6. The molecule has 0 fully saturated rings. The van der Waals surface area contributed by atoms with Gasteiger partial charge in [0.25, 0.3) is 0 Å². The number of fused-ring (bicyclic) bond motifs is 1. The minimum Gasteiger partial charge on any atom is -0.481 e. The summed E-state index contributed by atoms with van der Waals surface area (Å²) >= 11 is 0. The fraction of sp³-hybridized carbons (Fsp3) is 0.571. The second-order valence-electron chi connectivity index (χ2n) is 9.55. The minimum absolute atomic E-state index is 0.0735. The second-order valence-corrected chi connectivity index (χ2v) is 12.3. The molecule has 2 aromatic carbocycles. The Bertz CT molecular complexity index is 1020. The fourth-order valence-electron chi connectivity index (χ4n) is 4.49. The summed E-state index contributed by atoms with van der Waals surface area (Å²) < 4.78 is 43.7. The maximum Gasteiger partial charge on any atom is 0.174 e. The summed E-state index contributed by atoms with van der Waals surface area (Å²) in [5.74, 6) is 0.964. The first kappa shape index (κ1) is 27.5. The first-order valence-corrected chi connectivity index (χ1v) is 14.4. The molecule has 35 heavy (non-hydrogen) atoms. The lowest BCUT2D eigenvalue weighted by Crippen LogP contribution is -2.49. The summed E-state index contributed by atoms with van der Waals surface area (Å²) in [5.41, 5.74) is 2.05. The molecule has 0 spiro atoms. The summed E-state index contributed by atoms with van der Waals surface area (Å²) in [6.45, 7) is 11.1. The molecular formula is C28H41NO5S. The summed E-state index contributed by atoms with van der Waals surface area (Å²) in [6.07, 6.45) is 1.18. The molecule has 0 amide bonds. The molecule has 6 nitrogen and oxygen atoms in total. The summed E-state index contributed by atoms with van der Waals surface area (Å²) in [5, 5.41) is 0. The molecule has 0 N–H and O–H groups in total. The number of rotatable bonds is 13. The highest BCUT2D eigenvalue weighted by Crippen LogP contribution is 2.43. The number of benzene rings is 2. The van der Waals surface area contributed by atoms with Crippen LogP contribution in [0, 0.1) is 0 Å². The molecule has 0 aromatic heterocycles. The standard InChI is InChI=1S/C28H41NO5S/c1-6-28(4,5)35(30,31)20-14-18-24-27(22-15-10-9-11-16-22)34-25-19-13-12-17-23(25)29(24)21-26(32-7-2)33-8-3/h9-13,15-17,19,24,26-27H,6-8,14,18,20-21H2,1-5H3. The minimum atomic E-state index is -3.22. The summed E-state index contributed by atoms with van der Waals surface area (Å²) in [6, 6.07) is 18.1. The highest BCUT2D eigenvalue weighted by atomic mass is 32.2. The van der Waals surface area contributed by atoms with E-state index in [9.17, 15) is 8.42 Å². The highest BCUT2D eigenvalue weighted by molar-refractivity contribution is 7.92. The molecule has 3 rings (SSSR count). The van der Waals surface area contributed by atoms with Gasteiger partial charge in [-0.1, -0.05) is 49.4 Å². The van der Waals surface area contributed by atoms with E-state index in [2.05, 4.69) is 23.1 Å². The molecule has 7 heteroatoms. The largest absolute Gasteiger partial charge is 0.481 e. The number of hydrogen-bond donors (Lipinski definition) is 0. The van der Waals surface area contributed by atoms with Gasteiger partial charge in [-0.3, -0.25) is 0 Å². The Balaban J connectivity index is 1.95. The lowest BCUT2D eigenvalue weighted by Gasteiger charge is -2.45. The Morgan fingerprint density at radius 2 is 1.60 bits per heavy atom. The third kappa shape index (κ3) is 6.57. The molecule has 194 valence electrons. The zero-order valence-electron chi connectivity index (χ0n) is 21.8. The normalized spacial score (nSPS) is 18.4. The van der Waals surface area contributed by atoms with Crippen LogP contribution in [0.25, 0.3) is 0 Å².